The average Bonchev–Trinajstić information content (AvgIpc) is 3.15. The molecule has 0 unspecified atom stereocenters. The van der Waals surface area contributed by atoms with Crippen molar-refractivity contribution in [3.63, 3.8) is 0 Å². The Balaban J connectivity index is 1.65. The van der Waals surface area contributed by atoms with Crippen LogP contribution >= 0.6 is 0 Å². The smallest absolute Gasteiger partial charge is 0.341 e. The summed E-state index contributed by atoms with van der Waals surface area (Å²) in [7, 11) is 1.95. The summed E-state index contributed by atoms with van der Waals surface area (Å²) in [6.07, 6.45) is 7.69. The van der Waals surface area contributed by atoms with E-state index in [4.69, 9.17) is 4.74 Å². The number of likely N-dealkylation sites (tertiary alicyclic amines) is 1. The first-order valence-corrected chi connectivity index (χ1v) is 8.49. The number of carbonyl (C=O) groups excluding carboxylic acids is 1. The van der Waals surface area contributed by atoms with Crippen molar-refractivity contribution in [3.05, 3.63) is 35.4 Å². The first-order valence-electron chi connectivity index (χ1n) is 8.49. The zero-order valence-corrected chi connectivity index (χ0v) is 14.6. The minimum Gasteiger partial charge on any atom is -0.462 e. The standard InChI is InChI=1S/C17H25N5O2/c1-4-24-17(23)14-8-18-22(11-14)16-6-5-7-21(12-16)10-15-9-20(3)19-13(15)2/h8-9,11,16H,4-7,10,12H2,1-3H3/t16-/m0/s1. The van der Waals surface area contributed by atoms with Crippen molar-refractivity contribution in [2.24, 2.45) is 7.05 Å². The second-order valence-electron chi connectivity index (χ2n) is 6.37. The van der Waals surface area contributed by atoms with Crippen LogP contribution in [0.25, 0.3) is 0 Å². The van der Waals surface area contributed by atoms with Crippen LogP contribution in [0.1, 0.15) is 47.4 Å². The van der Waals surface area contributed by atoms with E-state index in [0.29, 0.717) is 18.2 Å². The van der Waals surface area contributed by atoms with Crippen LogP contribution in [0.15, 0.2) is 18.6 Å². The number of piperidine rings is 1. The van der Waals surface area contributed by atoms with Crippen molar-refractivity contribution in [3.8, 4) is 0 Å². The van der Waals surface area contributed by atoms with Gasteiger partial charge in [-0.1, -0.05) is 0 Å². The van der Waals surface area contributed by atoms with Gasteiger partial charge in [-0.25, -0.2) is 4.79 Å². The molecule has 0 amide bonds. The van der Waals surface area contributed by atoms with E-state index in [1.165, 1.54) is 5.56 Å². The summed E-state index contributed by atoms with van der Waals surface area (Å²) in [6, 6.07) is 0.291. The molecule has 2 aromatic heterocycles. The third-order valence-electron chi connectivity index (χ3n) is 4.48. The highest BCUT2D eigenvalue weighted by atomic mass is 16.5. The van der Waals surface area contributed by atoms with Crippen LogP contribution in [0.2, 0.25) is 0 Å². The topological polar surface area (TPSA) is 65.2 Å². The van der Waals surface area contributed by atoms with Crippen molar-refractivity contribution in [1.82, 2.24) is 24.5 Å². The van der Waals surface area contributed by atoms with Crippen molar-refractivity contribution < 1.29 is 9.53 Å². The molecule has 1 atom stereocenters. The van der Waals surface area contributed by atoms with Gasteiger partial charge < -0.3 is 4.74 Å². The van der Waals surface area contributed by atoms with Gasteiger partial charge in [-0.05, 0) is 33.2 Å². The van der Waals surface area contributed by atoms with Crippen molar-refractivity contribution in [2.75, 3.05) is 19.7 Å². The molecule has 0 saturated carbocycles. The summed E-state index contributed by atoms with van der Waals surface area (Å²) >= 11 is 0. The molecule has 0 N–H and O–H groups in total. The van der Waals surface area contributed by atoms with Gasteiger partial charge in [0.05, 0.1) is 30.1 Å². The summed E-state index contributed by atoms with van der Waals surface area (Å²) in [5.41, 5.74) is 2.88. The molecule has 7 nitrogen and oxygen atoms in total. The molecular weight excluding hydrogens is 306 g/mol. The summed E-state index contributed by atoms with van der Waals surface area (Å²) < 4.78 is 8.81. The van der Waals surface area contributed by atoms with Crippen LogP contribution in [0, 0.1) is 6.92 Å². The molecule has 0 bridgehead atoms. The zero-order valence-electron chi connectivity index (χ0n) is 14.6. The van der Waals surface area contributed by atoms with Gasteiger partial charge in [0.15, 0.2) is 0 Å². The first-order chi connectivity index (χ1) is 11.6. The van der Waals surface area contributed by atoms with E-state index in [9.17, 15) is 4.79 Å². The van der Waals surface area contributed by atoms with Crippen molar-refractivity contribution in [1.29, 1.82) is 0 Å². The predicted molar refractivity (Wildman–Crippen MR) is 89.7 cm³/mol. The minimum absolute atomic E-state index is 0.291. The Bertz CT molecular complexity index is 706. The molecule has 1 saturated heterocycles. The lowest BCUT2D eigenvalue weighted by Gasteiger charge is -2.32. The molecule has 0 aromatic carbocycles. The highest BCUT2D eigenvalue weighted by Crippen LogP contribution is 2.23. The Labute approximate surface area is 142 Å². The van der Waals surface area contributed by atoms with Crippen LogP contribution in [0.5, 0.6) is 0 Å². The lowest BCUT2D eigenvalue weighted by atomic mass is 10.1. The number of hydrogen-bond acceptors (Lipinski definition) is 5. The summed E-state index contributed by atoms with van der Waals surface area (Å²) in [4.78, 5) is 14.2. The Hall–Kier alpha value is -2.15. The predicted octanol–water partition coefficient (Wildman–Crippen LogP) is 1.94. The number of carbonyl (C=O) groups is 1. The van der Waals surface area contributed by atoms with Crippen LogP contribution in [-0.2, 0) is 18.3 Å². The molecule has 7 heteroatoms. The number of ether oxygens (including phenoxy) is 1. The number of aromatic nitrogens is 4. The second-order valence-corrected chi connectivity index (χ2v) is 6.37. The van der Waals surface area contributed by atoms with E-state index in [2.05, 4.69) is 28.2 Å². The lowest BCUT2D eigenvalue weighted by molar-refractivity contribution is 0.0526. The number of rotatable bonds is 5. The van der Waals surface area contributed by atoms with Crippen LogP contribution < -0.4 is 0 Å². The van der Waals surface area contributed by atoms with E-state index in [1.54, 1.807) is 6.20 Å². The summed E-state index contributed by atoms with van der Waals surface area (Å²) in [6.45, 7) is 7.15. The van der Waals surface area contributed by atoms with E-state index < -0.39 is 0 Å². The van der Waals surface area contributed by atoms with Crippen LogP contribution in [-0.4, -0.2) is 50.1 Å². The molecule has 0 spiro atoms. The third-order valence-corrected chi connectivity index (χ3v) is 4.48. The minimum atomic E-state index is -0.303. The molecule has 3 rings (SSSR count). The summed E-state index contributed by atoms with van der Waals surface area (Å²) in [5.74, 6) is -0.303. The van der Waals surface area contributed by atoms with Crippen molar-refractivity contribution in [2.45, 2.75) is 39.3 Å². The molecule has 2 aromatic rings. The van der Waals surface area contributed by atoms with Crippen molar-refractivity contribution >= 4 is 5.97 Å². The van der Waals surface area contributed by atoms with Gasteiger partial charge in [-0.3, -0.25) is 14.3 Å². The summed E-state index contributed by atoms with van der Waals surface area (Å²) in [5, 5.41) is 8.79. The first kappa shape index (κ1) is 16.7. The molecule has 0 radical (unpaired) electrons. The maximum absolute atomic E-state index is 11.8. The van der Waals surface area contributed by atoms with Crippen LogP contribution in [0.4, 0.5) is 0 Å². The largest absolute Gasteiger partial charge is 0.462 e. The lowest BCUT2D eigenvalue weighted by Crippen LogP contribution is -2.36. The zero-order chi connectivity index (χ0) is 17.1. The molecule has 0 aliphatic carbocycles. The highest BCUT2D eigenvalue weighted by molar-refractivity contribution is 5.88. The third kappa shape index (κ3) is 3.67. The van der Waals surface area contributed by atoms with Gasteiger partial charge in [-0.2, -0.15) is 10.2 Å². The van der Waals surface area contributed by atoms with Gasteiger partial charge >= 0.3 is 5.97 Å². The molecule has 24 heavy (non-hydrogen) atoms. The maximum Gasteiger partial charge on any atom is 0.341 e. The van der Waals surface area contributed by atoms with E-state index >= 15 is 0 Å². The van der Waals surface area contributed by atoms with Gasteiger partial charge in [0.25, 0.3) is 0 Å². The number of nitrogens with zero attached hydrogens (tertiary/aromatic N) is 5. The fourth-order valence-electron chi connectivity index (χ4n) is 3.29. The van der Waals surface area contributed by atoms with Gasteiger partial charge in [0.2, 0.25) is 0 Å². The van der Waals surface area contributed by atoms with E-state index in [-0.39, 0.29) is 5.97 Å². The van der Waals surface area contributed by atoms with Gasteiger partial charge in [0.1, 0.15) is 0 Å². The van der Waals surface area contributed by atoms with Gasteiger partial charge in [0, 0.05) is 38.1 Å². The highest BCUT2D eigenvalue weighted by Gasteiger charge is 2.23. The Morgan fingerprint density at radius 3 is 2.96 bits per heavy atom. The molecule has 130 valence electrons. The molecule has 1 fully saturated rings. The fraction of sp³-hybridized carbons (Fsp3) is 0.588. The maximum atomic E-state index is 11.8. The molecule has 3 heterocycles. The fourth-order valence-corrected chi connectivity index (χ4v) is 3.29. The Morgan fingerprint density at radius 1 is 1.42 bits per heavy atom. The van der Waals surface area contributed by atoms with Crippen LogP contribution in [0.3, 0.4) is 0 Å². The van der Waals surface area contributed by atoms with E-state index in [0.717, 1.165) is 38.2 Å². The molecule has 1 aliphatic rings. The quantitative estimate of drug-likeness (QED) is 0.784. The normalized spacial score (nSPS) is 18.7. The number of aryl methyl sites for hydroxylation is 2. The molecule has 1 aliphatic heterocycles. The van der Waals surface area contributed by atoms with E-state index in [1.807, 2.05) is 29.5 Å². The SMILES string of the molecule is CCOC(=O)c1cnn([C@H]2CCCN(Cc3cn(C)nc3C)C2)c1. The second kappa shape index (κ2) is 7.17. The monoisotopic (exact) mass is 331 g/mol. The number of hydrogen-bond donors (Lipinski definition) is 0. The average molecular weight is 331 g/mol. The Kier molecular flexibility index (Phi) is 4.99. The molecular formula is C17H25N5O2. The van der Waals surface area contributed by atoms with Gasteiger partial charge in [-0.15, -0.1) is 0 Å². The number of esters is 1. The Morgan fingerprint density at radius 2 is 2.25 bits per heavy atom.